The number of aromatic nitrogens is 1. The van der Waals surface area contributed by atoms with Crippen molar-refractivity contribution in [1.82, 2.24) is 4.57 Å². The number of hydrogen-bond acceptors (Lipinski definition) is 1. The maximum absolute atomic E-state index is 11.6. The minimum absolute atomic E-state index is 0.0487. The molecule has 0 aliphatic rings. The van der Waals surface area contributed by atoms with Gasteiger partial charge in [-0.05, 0) is 29.7 Å². The van der Waals surface area contributed by atoms with Crippen molar-refractivity contribution in [3.05, 3.63) is 35.5 Å². The number of carbonyl (C=O) groups excluding carboxylic acids is 1. The van der Waals surface area contributed by atoms with Crippen LogP contribution in [0.5, 0.6) is 0 Å². The predicted molar refractivity (Wildman–Crippen MR) is 74.9 cm³/mol. The Bertz CT molecular complexity index is 641. The molecule has 0 spiro atoms. The zero-order valence-corrected chi connectivity index (χ0v) is 11.0. The van der Waals surface area contributed by atoms with Crippen LogP contribution in [0.25, 0.3) is 10.9 Å². The summed E-state index contributed by atoms with van der Waals surface area (Å²) in [7, 11) is 0. The van der Waals surface area contributed by atoms with Crippen LogP contribution in [0.3, 0.4) is 0 Å². The van der Waals surface area contributed by atoms with Gasteiger partial charge in [-0.25, -0.2) is 0 Å². The Morgan fingerprint density at radius 1 is 1.39 bits per heavy atom. The standard InChI is InChI=1S/C16H17NO/c1-5-8-17-15-7-6-13(11(2)3)9-14(15)10-16(17)12(4)18/h1,6-7,9-11H,8H2,2-4H3. The van der Waals surface area contributed by atoms with Gasteiger partial charge in [0.25, 0.3) is 0 Å². The van der Waals surface area contributed by atoms with E-state index in [0.29, 0.717) is 18.2 Å². The van der Waals surface area contributed by atoms with Crippen LogP contribution in [-0.2, 0) is 6.54 Å². The molecule has 1 heterocycles. The molecule has 0 bridgehead atoms. The van der Waals surface area contributed by atoms with Crippen molar-refractivity contribution >= 4 is 16.7 Å². The third-order valence-corrected chi connectivity index (χ3v) is 3.20. The molecule has 1 aromatic carbocycles. The lowest BCUT2D eigenvalue weighted by atomic mass is 10.0. The van der Waals surface area contributed by atoms with E-state index in [4.69, 9.17) is 6.42 Å². The summed E-state index contributed by atoms with van der Waals surface area (Å²) in [5.41, 5.74) is 2.99. The quantitative estimate of drug-likeness (QED) is 0.592. The number of carbonyl (C=O) groups is 1. The monoisotopic (exact) mass is 239 g/mol. The smallest absolute Gasteiger partial charge is 0.176 e. The number of benzene rings is 1. The van der Waals surface area contributed by atoms with Gasteiger partial charge in [0, 0.05) is 17.8 Å². The van der Waals surface area contributed by atoms with Gasteiger partial charge in [-0.2, -0.15) is 0 Å². The molecule has 0 radical (unpaired) electrons. The Hall–Kier alpha value is -2.01. The van der Waals surface area contributed by atoms with E-state index in [2.05, 4.69) is 38.0 Å². The van der Waals surface area contributed by atoms with E-state index < -0.39 is 0 Å². The summed E-state index contributed by atoms with van der Waals surface area (Å²) < 4.78 is 1.90. The molecule has 2 heteroatoms. The number of fused-ring (bicyclic) bond motifs is 1. The highest BCUT2D eigenvalue weighted by Crippen LogP contribution is 2.25. The summed E-state index contributed by atoms with van der Waals surface area (Å²) in [6.07, 6.45) is 5.38. The lowest BCUT2D eigenvalue weighted by molar-refractivity contribution is 0.101. The van der Waals surface area contributed by atoms with Crippen LogP contribution in [0.15, 0.2) is 24.3 Å². The van der Waals surface area contributed by atoms with Gasteiger partial charge in [0.15, 0.2) is 5.78 Å². The number of terminal acetylenes is 1. The Morgan fingerprint density at radius 3 is 2.67 bits per heavy atom. The van der Waals surface area contributed by atoms with Crippen LogP contribution >= 0.6 is 0 Å². The third-order valence-electron chi connectivity index (χ3n) is 3.20. The topological polar surface area (TPSA) is 22.0 Å². The van der Waals surface area contributed by atoms with Gasteiger partial charge < -0.3 is 4.57 Å². The zero-order valence-electron chi connectivity index (χ0n) is 11.0. The minimum Gasteiger partial charge on any atom is -0.326 e. The van der Waals surface area contributed by atoms with E-state index in [1.54, 1.807) is 6.92 Å². The molecule has 0 unspecified atom stereocenters. The predicted octanol–water partition coefficient (Wildman–Crippen LogP) is 3.60. The normalized spacial score (nSPS) is 10.8. The number of ketones is 1. The molecular formula is C16H17NO. The van der Waals surface area contributed by atoms with E-state index in [1.807, 2.05) is 10.6 Å². The van der Waals surface area contributed by atoms with E-state index in [-0.39, 0.29) is 5.78 Å². The second-order valence-corrected chi connectivity index (χ2v) is 4.85. The molecule has 0 N–H and O–H groups in total. The Kier molecular flexibility index (Phi) is 3.25. The van der Waals surface area contributed by atoms with Crippen molar-refractivity contribution < 1.29 is 4.79 Å². The number of hydrogen-bond donors (Lipinski definition) is 0. The fraction of sp³-hybridized carbons (Fsp3) is 0.312. The molecule has 0 atom stereocenters. The highest BCUT2D eigenvalue weighted by molar-refractivity contribution is 5.98. The average Bonchev–Trinajstić information content (AvgIpc) is 2.68. The molecular weight excluding hydrogens is 222 g/mol. The summed E-state index contributed by atoms with van der Waals surface area (Å²) in [5, 5.41) is 1.08. The first-order chi connectivity index (χ1) is 8.54. The molecule has 92 valence electrons. The van der Waals surface area contributed by atoms with Crippen LogP contribution in [0.4, 0.5) is 0 Å². The Labute approximate surface area is 108 Å². The first-order valence-corrected chi connectivity index (χ1v) is 6.12. The highest BCUT2D eigenvalue weighted by atomic mass is 16.1. The molecule has 0 aliphatic heterocycles. The summed E-state index contributed by atoms with van der Waals surface area (Å²) >= 11 is 0. The molecule has 0 aliphatic carbocycles. The van der Waals surface area contributed by atoms with Crippen LogP contribution in [0.2, 0.25) is 0 Å². The van der Waals surface area contributed by atoms with Crippen molar-refractivity contribution in [2.45, 2.75) is 33.2 Å². The van der Waals surface area contributed by atoms with Crippen molar-refractivity contribution in [1.29, 1.82) is 0 Å². The van der Waals surface area contributed by atoms with Gasteiger partial charge in [0.1, 0.15) is 0 Å². The first-order valence-electron chi connectivity index (χ1n) is 6.12. The van der Waals surface area contributed by atoms with E-state index in [0.717, 1.165) is 10.9 Å². The van der Waals surface area contributed by atoms with Gasteiger partial charge in [-0.1, -0.05) is 25.8 Å². The maximum Gasteiger partial charge on any atom is 0.176 e. The maximum atomic E-state index is 11.6. The molecule has 2 rings (SSSR count). The number of rotatable bonds is 3. The van der Waals surface area contributed by atoms with Crippen molar-refractivity contribution in [3.63, 3.8) is 0 Å². The van der Waals surface area contributed by atoms with Crippen molar-refractivity contribution in [3.8, 4) is 12.3 Å². The van der Waals surface area contributed by atoms with Crippen LogP contribution in [0, 0.1) is 12.3 Å². The average molecular weight is 239 g/mol. The number of nitrogens with zero attached hydrogens (tertiary/aromatic N) is 1. The van der Waals surface area contributed by atoms with Gasteiger partial charge in [0.2, 0.25) is 0 Å². The highest BCUT2D eigenvalue weighted by Gasteiger charge is 2.12. The molecule has 18 heavy (non-hydrogen) atoms. The molecule has 1 aromatic heterocycles. The summed E-state index contributed by atoms with van der Waals surface area (Å²) in [6.45, 7) is 6.32. The van der Waals surface area contributed by atoms with Crippen LogP contribution in [-0.4, -0.2) is 10.4 Å². The Balaban J connectivity index is 2.69. The zero-order chi connectivity index (χ0) is 13.3. The lowest BCUT2D eigenvalue weighted by Gasteiger charge is -2.07. The van der Waals surface area contributed by atoms with Crippen molar-refractivity contribution in [2.24, 2.45) is 0 Å². The summed E-state index contributed by atoms with van der Waals surface area (Å²) in [6, 6.07) is 8.22. The van der Waals surface area contributed by atoms with Crippen LogP contribution in [0.1, 0.15) is 42.7 Å². The number of Topliss-reactive ketones (excluding diaryl/α,β-unsaturated/α-hetero) is 1. The van der Waals surface area contributed by atoms with E-state index in [9.17, 15) is 4.79 Å². The van der Waals surface area contributed by atoms with Crippen molar-refractivity contribution in [2.75, 3.05) is 0 Å². The Morgan fingerprint density at radius 2 is 2.11 bits per heavy atom. The largest absolute Gasteiger partial charge is 0.326 e. The molecule has 0 saturated carbocycles. The van der Waals surface area contributed by atoms with Gasteiger partial charge in [-0.3, -0.25) is 4.79 Å². The molecule has 0 fully saturated rings. The van der Waals surface area contributed by atoms with Crippen LogP contribution < -0.4 is 0 Å². The lowest BCUT2D eigenvalue weighted by Crippen LogP contribution is -2.05. The van der Waals surface area contributed by atoms with E-state index >= 15 is 0 Å². The summed E-state index contributed by atoms with van der Waals surface area (Å²) in [4.78, 5) is 11.6. The molecule has 2 nitrogen and oxygen atoms in total. The second kappa shape index (κ2) is 4.70. The fourth-order valence-electron chi connectivity index (χ4n) is 2.20. The fourth-order valence-corrected chi connectivity index (χ4v) is 2.20. The first kappa shape index (κ1) is 12.4. The molecule has 0 saturated heterocycles. The summed E-state index contributed by atoms with van der Waals surface area (Å²) in [5.74, 6) is 3.13. The minimum atomic E-state index is 0.0487. The second-order valence-electron chi connectivity index (χ2n) is 4.85. The van der Waals surface area contributed by atoms with Gasteiger partial charge in [0.05, 0.1) is 12.2 Å². The molecule has 2 aromatic rings. The van der Waals surface area contributed by atoms with E-state index in [1.165, 1.54) is 5.56 Å². The van der Waals surface area contributed by atoms with Gasteiger partial charge in [-0.15, -0.1) is 6.42 Å². The third kappa shape index (κ3) is 2.04. The SMILES string of the molecule is C#CCn1c(C(C)=O)cc2cc(C(C)C)ccc21. The molecule has 0 amide bonds. The van der Waals surface area contributed by atoms with Gasteiger partial charge >= 0.3 is 0 Å².